The van der Waals surface area contributed by atoms with Gasteiger partial charge < -0.3 is 9.84 Å². The second kappa shape index (κ2) is 6.78. The van der Waals surface area contributed by atoms with Gasteiger partial charge in [0.2, 0.25) is 11.2 Å². The predicted octanol–water partition coefficient (Wildman–Crippen LogP) is 1.95. The van der Waals surface area contributed by atoms with E-state index < -0.39 is 34.3 Å². The molecule has 0 radical (unpaired) electrons. The largest absolute Gasteiger partial charge is 0.507 e. The van der Waals surface area contributed by atoms with Crippen LogP contribution in [0.15, 0.2) is 42.0 Å². The molecular formula is C23H14O6. The number of allylic oxidation sites excluding steroid dienone is 4. The van der Waals surface area contributed by atoms with Crippen molar-refractivity contribution in [2.75, 3.05) is 0 Å². The number of carbonyl (C=O) groups is 4. The van der Waals surface area contributed by atoms with Gasteiger partial charge >= 0.3 is 5.97 Å². The van der Waals surface area contributed by atoms with E-state index in [4.69, 9.17) is 4.74 Å². The number of ether oxygens (including phenoxy) is 1. The summed E-state index contributed by atoms with van der Waals surface area (Å²) in [6, 6.07) is 1.13. The number of fused-ring (bicyclic) bond motifs is 2. The van der Waals surface area contributed by atoms with Crippen LogP contribution in [-0.4, -0.2) is 28.9 Å². The van der Waals surface area contributed by atoms with Crippen molar-refractivity contribution in [3.63, 3.8) is 0 Å². The van der Waals surface area contributed by atoms with Gasteiger partial charge in [0, 0.05) is 17.7 Å². The second-order valence-electron chi connectivity index (χ2n) is 6.63. The van der Waals surface area contributed by atoms with E-state index in [0.29, 0.717) is 11.1 Å². The van der Waals surface area contributed by atoms with Crippen LogP contribution in [0.4, 0.5) is 0 Å². The maximum Gasteiger partial charge on any atom is 0.338 e. The topological polar surface area (TPSA) is 97.7 Å². The van der Waals surface area contributed by atoms with Gasteiger partial charge in [0.05, 0.1) is 16.7 Å². The van der Waals surface area contributed by atoms with E-state index in [1.54, 1.807) is 13.8 Å². The van der Waals surface area contributed by atoms with Crippen LogP contribution in [0.2, 0.25) is 0 Å². The van der Waals surface area contributed by atoms with Crippen LogP contribution >= 0.6 is 0 Å². The number of carbonyl (C=O) groups excluding carboxylic acids is 4. The van der Waals surface area contributed by atoms with Crippen LogP contribution in [-0.2, 0) is 19.8 Å². The van der Waals surface area contributed by atoms with Gasteiger partial charge in [-0.15, -0.1) is 0 Å². The lowest BCUT2D eigenvalue weighted by atomic mass is 9.74. The Morgan fingerprint density at radius 1 is 1.14 bits per heavy atom. The zero-order chi connectivity index (χ0) is 21.5. The first kappa shape index (κ1) is 19.6. The zero-order valence-corrected chi connectivity index (χ0v) is 15.6. The van der Waals surface area contributed by atoms with Crippen molar-refractivity contribution in [2.45, 2.75) is 19.3 Å². The average Bonchev–Trinajstić information content (AvgIpc) is 3.08. The third-order valence-corrected chi connectivity index (χ3v) is 4.34. The second-order valence-corrected chi connectivity index (χ2v) is 6.63. The van der Waals surface area contributed by atoms with Crippen molar-refractivity contribution in [1.82, 2.24) is 0 Å². The van der Waals surface area contributed by atoms with Gasteiger partial charge in [-0.25, -0.2) is 4.79 Å². The van der Waals surface area contributed by atoms with Gasteiger partial charge in [0.1, 0.15) is 5.75 Å². The van der Waals surface area contributed by atoms with Gasteiger partial charge in [-0.05, 0) is 25.0 Å². The minimum atomic E-state index is -2.43. The molecule has 29 heavy (non-hydrogen) atoms. The number of hydrogen-bond donors (Lipinski definition) is 1. The molecule has 0 unspecified atom stereocenters. The zero-order valence-electron chi connectivity index (χ0n) is 15.6. The van der Waals surface area contributed by atoms with Crippen LogP contribution in [0.3, 0.4) is 0 Å². The molecule has 1 N–H and O–H groups in total. The van der Waals surface area contributed by atoms with E-state index in [-0.39, 0.29) is 28.7 Å². The molecule has 1 aliphatic heterocycles. The van der Waals surface area contributed by atoms with E-state index in [1.165, 1.54) is 0 Å². The lowest BCUT2D eigenvalue weighted by molar-refractivity contribution is -0.145. The lowest BCUT2D eigenvalue weighted by Gasteiger charge is -2.18. The summed E-state index contributed by atoms with van der Waals surface area (Å²) in [5, 5.41) is 10.3. The summed E-state index contributed by atoms with van der Waals surface area (Å²) < 4.78 is 5.24. The van der Waals surface area contributed by atoms with Crippen LogP contribution < -0.4 is 4.74 Å². The molecule has 1 aliphatic carbocycles. The smallest absolute Gasteiger partial charge is 0.338 e. The van der Waals surface area contributed by atoms with Gasteiger partial charge in [-0.1, -0.05) is 36.8 Å². The molecule has 0 amide bonds. The Morgan fingerprint density at radius 2 is 1.76 bits per heavy atom. The molecule has 6 nitrogen and oxygen atoms in total. The Morgan fingerprint density at radius 3 is 2.34 bits per heavy atom. The van der Waals surface area contributed by atoms with Crippen molar-refractivity contribution in [2.24, 2.45) is 0 Å². The Labute approximate surface area is 166 Å². The molecule has 1 spiro atoms. The van der Waals surface area contributed by atoms with Crippen molar-refractivity contribution < 1.29 is 29.0 Å². The first-order valence-corrected chi connectivity index (χ1v) is 8.38. The number of phenols is 1. The van der Waals surface area contributed by atoms with Gasteiger partial charge in [-0.3, -0.25) is 14.4 Å². The maximum atomic E-state index is 13.1. The fourth-order valence-corrected chi connectivity index (χ4v) is 3.12. The van der Waals surface area contributed by atoms with E-state index in [1.807, 2.05) is 0 Å². The van der Waals surface area contributed by atoms with Crippen molar-refractivity contribution in [3.8, 4) is 35.2 Å². The predicted molar refractivity (Wildman–Crippen MR) is 103 cm³/mol. The summed E-state index contributed by atoms with van der Waals surface area (Å²) in [6.07, 6.45) is 1.19. The summed E-state index contributed by atoms with van der Waals surface area (Å²) in [5.41, 5.74) is -2.37. The number of ketones is 2. The SMILES string of the molecule is C=C(C)C#CC1=CC(=O)[C@@]2(C(=O)Oc3c(C#CC(=C)C)cc(O)c(C=O)c32)C1=O. The minimum Gasteiger partial charge on any atom is -0.507 e. The first-order chi connectivity index (χ1) is 13.6. The van der Waals surface area contributed by atoms with Gasteiger partial charge in [0.25, 0.3) is 0 Å². The van der Waals surface area contributed by atoms with Crippen LogP contribution in [0, 0.1) is 23.7 Å². The number of benzene rings is 1. The maximum absolute atomic E-state index is 13.1. The Kier molecular flexibility index (Phi) is 4.58. The van der Waals surface area contributed by atoms with Gasteiger partial charge in [0.15, 0.2) is 17.8 Å². The third kappa shape index (κ3) is 2.79. The number of Topliss-reactive ketones (excluding diaryl/α,β-unsaturated/α-hetero) is 1. The quantitative estimate of drug-likeness (QED) is 0.260. The molecule has 1 atom stereocenters. The molecule has 1 aromatic rings. The third-order valence-electron chi connectivity index (χ3n) is 4.34. The van der Waals surface area contributed by atoms with Gasteiger partial charge in [-0.2, -0.15) is 0 Å². The van der Waals surface area contributed by atoms with E-state index >= 15 is 0 Å². The highest BCUT2D eigenvalue weighted by Gasteiger charge is 2.65. The Bertz CT molecular complexity index is 1220. The van der Waals surface area contributed by atoms with E-state index in [2.05, 4.69) is 36.8 Å². The number of rotatable bonds is 1. The molecular weight excluding hydrogens is 372 g/mol. The molecule has 0 fully saturated rings. The highest BCUT2D eigenvalue weighted by Crippen LogP contribution is 2.50. The highest BCUT2D eigenvalue weighted by molar-refractivity contribution is 6.42. The average molecular weight is 386 g/mol. The number of hydrogen-bond acceptors (Lipinski definition) is 6. The first-order valence-electron chi connectivity index (χ1n) is 8.38. The standard InChI is InChI=1S/C23H14O6/c1-12(2)5-7-14-9-17(25)16(11-24)19-20(14)29-22(28)23(19)18(26)10-15(21(23)27)8-6-13(3)4/h9-11,25H,1,3H2,2,4H3/t23-/m0/s1. The molecule has 0 bridgehead atoms. The van der Waals surface area contributed by atoms with Crippen molar-refractivity contribution in [1.29, 1.82) is 0 Å². The molecule has 0 saturated heterocycles. The summed E-state index contributed by atoms with van der Waals surface area (Å²) in [6.45, 7) is 10.5. The van der Waals surface area contributed by atoms with Crippen LogP contribution in [0.5, 0.6) is 11.5 Å². The highest BCUT2D eigenvalue weighted by atomic mass is 16.5. The Hall–Kier alpha value is -4.16. The van der Waals surface area contributed by atoms with Crippen LogP contribution in [0.25, 0.3) is 0 Å². The molecule has 0 saturated carbocycles. The molecule has 1 aromatic carbocycles. The van der Waals surface area contributed by atoms with Crippen molar-refractivity contribution >= 4 is 23.8 Å². The summed E-state index contributed by atoms with van der Waals surface area (Å²) in [4.78, 5) is 50.4. The monoisotopic (exact) mass is 386 g/mol. The minimum absolute atomic E-state index is 0.0402. The summed E-state index contributed by atoms with van der Waals surface area (Å²) in [7, 11) is 0. The van der Waals surface area contributed by atoms with E-state index in [9.17, 15) is 24.3 Å². The fourth-order valence-electron chi connectivity index (χ4n) is 3.12. The molecule has 0 aromatic heterocycles. The lowest BCUT2D eigenvalue weighted by Crippen LogP contribution is -2.45. The number of aromatic hydroxyl groups is 1. The molecule has 1 heterocycles. The normalized spacial score (nSPS) is 18.8. The summed E-state index contributed by atoms with van der Waals surface area (Å²) in [5.74, 6) is 6.68. The molecule has 6 heteroatoms. The molecule has 3 rings (SSSR count). The fraction of sp³-hybridized carbons (Fsp3) is 0.130. The summed E-state index contributed by atoms with van der Waals surface area (Å²) >= 11 is 0. The molecule has 2 aliphatic rings. The Balaban J connectivity index is 2.34. The van der Waals surface area contributed by atoms with E-state index in [0.717, 1.165) is 12.1 Å². The number of phenolic OH excluding ortho intramolecular Hbond substituents is 1. The number of aldehydes is 1. The van der Waals surface area contributed by atoms with Crippen LogP contribution in [0.1, 0.15) is 35.3 Å². The van der Waals surface area contributed by atoms with Crippen molar-refractivity contribution in [3.05, 3.63) is 58.7 Å². The number of esters is 1. The molecule has 142 valence electrons.